The summed E-state index contributed by atoms with van der Waals surface area (Å²) in [5, 5.41) is 4.29. The molecule has 7 heteroatoms. The number of benzene rings is 1. The number of hydrazone groups is 1. The van der Waals surface area contributed by atoms with Gasteiger partial charge in [0.2, 0.25) is 5.91 Å². The van der Waals surface area contributed by atoms with Crippen molar-refractivity contribution in [1.29, 1.82) is 0 Å². The molecule has 0 bridgehead atoms. The Morgan fingerprint density at radius 3 is 2.43 bits per heavy atom. The number of amides is 1. The summed E-state index contributed by atoms with van der Waals surface area (Å²) in [7, 11) is 0. The van der Waals surface area contributed by atoms with Gasteiger partial charge in [-0.05, 0) is 75.5 Å². The van der Waals surface area contributed by atoms with E-state index in [-0.39, 0.29) is 5.91 Å². The number of carbonyl (C=O) groups excluding carboxylic acids is 1. The SMILES string of the molecule is CC/C(=N/NC(=O)[C@@]1(C)CC1(Cl)Cl)c1ccc(OCCN2CCCCC2)cc1. The van der Waals surface area contributed by atoms with E-state index in [1.807, 2.05) is 31.2 Å². The number of ether oxygens (including phenoxy) is 1. The number of nitrogens with one attached hydrogen (secondary N) is 1. The molecular weight excluding hydrogens is 397 g/mol. The molecule has 0 radical (unpaired) electrons. The van der Waals surface area contributed by atoms with Gasteiger partial charge in [0.1, 0.15) is 16.7 Å². The van der Waals surface area contributed by atoms with Crippen LogP contribution in [0.2, 0.25) is 0 Å². The second-order valence-electron chi connectivity index (χ2n) is 7.84. The molecular formula is C21H29Cl2N3O2. The molecule has 28 heavy (non-hydrogen) atoms. The first-order valence-electron chi connectivity index (χ1n) is 10.1. The zero-order valence-corrected chi connectivity index (χ0v) is 18.2. The molecule has 1 aliphatic carbocycles. The monoisotopic (exact) mass is 425 g/mol. The molecule has 2 fully saturated rings. The predicted molar refractivity (Wildman–Crippen MR) is 114 cm³/mol. The summed E-state index contributed by atoms with van der Waals surface area (Å²) in [6.45, 7) is 7.77. The number of halogens is 2. The smallest absolute Gasteiger partial charge is 0.249 e. The fourth-order valence-electron chi connectivity index (χ4n) is 3.45. The molecule has 1 aromatic rings. The maximum absolute atomic E-state index is 12.3. The van der Waals surface area contributed by atoms with Crippen LogP contribution >= 0.6 is 23.2 Å². The van der Waals surface area contributed by atoms with Gasteiger partial charge in [-0.15, -0.1) is 23.2 Å². The summed E-state index contributed by atoms with van der Waals surface area (Å²) in [6, 6.07) is 7.83. The quantitative estimate of drug-likeness (QED) is 0.382. The van der Waals surface area contributed by atoms with Crippen molar-refractivity contribution in [2.75, 3.05) is 26.2 Å². The van der Waals surface area contributed by atoms with Crippen LogP contribution in [0.3, 0.4) is 0 Å². The van der Waals surface area contributed by atoms with Gasteiger partial charge in [0.15, 0.2) is 0 Å². The van der Waals surface area contributed by atoms with Crippen LogP contribution in [0, 0.1) is 5.41 Å². The highest BCUT2D eigenvalue weighted by Crippen LogP contribution is 2.63. The van der Waals surface area contributed by atoms with E-state index in [1.165, 1.54) is 32.4 Å². The van der Waals surface area contributed by atoms with Crippen LogP contribution < -0.4 is 10.2 Å². The predicted octanol–water partition coefficient (Wildman–Crippen LogP) is 4.37. The summed E-state index contributed by atoms with van der Waals surface area (Å²) in [5.41, 5.74) is 3.60. The Hall–Kier alpha value is -1.30. The minimum absolute atomic E-state index is 0.249. The molecule has 5 nitrogen and oxygen atoms in total. The van der Waals surface area contributed by atoms with Gasteiger partial charge < -0.3 is 4.74 Å². The molecule has 0 spiro atoms. The van der Waals surface area contributed by atoms with Crippen molar-refractivity contribution < 1.29 is 9.53 Å². The molecule has 1 aromatic carbocycles. The van der Waals surface area contributed by atoms with Crippen molar-refractivity contribution in [2.45, 2.75) is 50.3 Å². The molecule has 0 aromatic heterocycles. The lowest BCUT2D eigenvalue weighted by atomic mass is 10.1. The van der Waals surface area contributed by atoms with E-state index in [9.17, 15) is 4.79 Å². The molecule has 1 aliphatic heterocycles. The Morgan fingerprint density at radius 2 is 1.86 bits per heavy atom. The first-order valence-corrected chi connectivity index (χ1v) is 10.8. The normalized spacial score (nSPS) is 24.6. The van der Waals surface area contributed by atoms with Crippen molar-refractivity contribution in [2.24, 2.45) is 10.5 Å². The van der Waals surface area contributed by atoms with Crippen LogP contribution in [0.15, 0.2) is 29.4 Å². The van der Waals surface area contributed by atoms with Gasteiger partial charge in [-0.25, -0.2) is 5.43 Å². The summed E-state index contributed by atoms with van der Waals surface area (Å²) in [6.07, 6.45) is 5.06. The van der Waals surface area contributed by atoms with Crippen LogP contribution in [0.25, 0.3) is 0 Å². The molecule has 3 rings (SSSR count). The molecule has 1 heterocycles. The second kappa shape index (κ2) is 9.02. The Bertz CT molecular complexity index is 715. The Labute approximate surface area is 177 Å². The number of alkyl halides is 2. The van der Waals surface area contributed by atoms with Crippen molar-refractivity contribution >= 4 is 34.8 Å². The second-order valence-corrected chi connectivity index (χ2v) is 9.33. The molecule has 1 atom stereocenters. The minimum atomic E-state index is -0.994. The maximum atomic E-state index is 12.3. The molecule has 154 valence electrons. The van der Waals surface area contributed by atoms with Gasteiger partial charge in [-0.2, -0.15) is 5.10 Å². The lowest BCUT2D eigenvalue weighted by molar-refractivity contribution is -0.125. The summed E-state index contributed by atoms with van der Waals surface area (Å²) in [4.78, 5) is 14.7. The number of nitrogens with zero attached hydrogens (tertiary/aromatic N) is 2. The van der Waals surface area contributed by atoms with E-state index in [1.54, 1.807) is 6.92 Å². The number of hydrogen-bond acceptors (Lipinski definition) is 4. The molecule has 0 unspecified atom stereocenters. The fourth-order valence-corrected chi connectivity index (χ4v) is 4.16. The highest BCUT2D eigenvalue weighted by molar-refractivity contribution is 6.53. The Morgan fingerprint density at radius 1 is 1.21 bits per heavy atom. The summed E-state index contributed by atoms with van der Waals surface area (Å²) in [5.74, 6) is 0.598. The molecule has 2 aliphatic rings. The number of likely N-dealkylation sites (tertiary alicyclic amines) is 1. The maximum Gasteiger partial charge on any atom is 0.249 e. The van der Waals surface area contributed by atoms with E-state index in [4.69, 9.17) is 27.9 Å². The largest absolute Gasteiger partial charge is 0.492 e. The lowest BCUT2D eigenvalue weighted by Crippen LogP contribution is -2.33. The first-order chi connectivity index (χ1) is 13.4. The van der Waals surface area contributed by atoms with E-state index >= 15 is 0 Å². The Balaban J connectivity index is 1.51. The average molecular weight is 426 g/mol. The fraction of sp³-hybridized carbons (Fsp3) is 0.619. The van der Waals surface area contributed by atoms with Crippen LogP contribution in [0.4, 0.5) is 0 Å². The van der Waals surface area contributed by atoms with E-state index in [0.717, 1.165) is 23.6 Å². The summed E-state index contributed by atoms with van der Waals surface area (Å²) >= 11 is 12.1. The number of carbonyl (C=O) groups is 1. The van der Waals surface area contributed by atoms with Crippen molar-refractivity contribution in [1.82, 2.24) is 10.3 Å². The zero-order valence-electron chi connectivity index (χ0n) is 16.6. The van der Waals surface area contributed by atoms with Gasteiger partial charge in [0.05, 0.1) is 11.1 Å². The van der Waals surface area contributed by atoms with E-state index in [2.05, 4.69) is 15.4 Å². The van der Waals surface area contributed by atoms with E-state index in [0.29, 0.717) is 19.4 Å². The van der Waals surface area contributed by atoms with Gasteiger partial charge in [0.25, 0.3) is 0 Å². The number of hydrogen-bond donors (Lipinski definition) is 1. The number of rotatable bonds is 8. The van der Waals surface area contributed by atoms with Gasteiger partial charge in [0, 0.05) is 6.54 Å². The standard InChI is InChI=1S/C21H29Cl2N3O2/c1-3-18(24-25-19(27)20(2)15-21(20,22)23)16-7-9-17(10-8-16)28-14-13-26-11-5-4-6-12-26/h7-10H,3-6,11-15H2,1-2H3,(H,25,27)/b24-18-/t20-/m1/s1. The van der Waals surface area contributed by atoms with Crippen molar-refractivity contribution in [3.05, 3.63) is 29.8 Å². The zero-order chi connectivity index (χ0) is 20.2. The van der Waals surface area contributed by atoms with Gasteiger partial charge in [-0.3, -0.25) is 9.69 Å². The van der Waals surface area contributed by atoms with Crippen LogP contribution in [-0.4, -0.2) is 47.1 Å². The van der Waals surface area contributed by atoms with Crippen LogP contribution in [-0.2, 0) is 4.79 Å². The first kappa shape index (κ1) is 21.4. The third-order valence-corrected chi connectivity index (χ3v) is 6.80. The molecule has 1 saturated heterocycles. The number of piperidine rings is 1. The van der Waals surface area contributed by atoms with Gasteiger partial charge >= 0.3 is 0 Å². The van der Waals surface area contributed by atoms with Crippen LogP contribution in [0.1, 0.15) is 51.5 Å². The van der Waals surface area contributed by atoms with Crippen molar-refractivity contribution in [3.63, 3.8) is 0 Å². The summed E-state index contributed by atoms with van der Waals surface area (Å²) < 4.78 is 4.88. The highest BCUT2D eigenvalue weighted by Gasteiger charge is 2.68. The average Bonchev–Trinajstić information content (AvgIpc) is 3.23. The third-order valence-electron chi connectivity index (χ3n) is 5.70. The van der Waals surface area contributed by atoms with Gasteiger partial charge in [-0.1, -0.05) is 13.3 Å². The topological polar surface area (TPSA) is 53.9 Å². The molecule has 1 saturated carbocycles. The lowest BCUT2D eigenvalue weighted by Gasteiger charge is -2.26. The third kappa shape index (κ3) is 5.00. The molecule has 1 N–H and O–H groups in total. The van der Waals surface area contributed by atoms with E-state index < -0.39 is 9.75 Å². The minimum Gasteiger partial charge on any atom is -0.492 e. The Kier molecular flexibility index (Phi) is 6.89. The van der Waals surface area contributed by atoms with Crippen molar-refractivity contribution in [3.8, 4) is 5.75 Å². The molecule has 1 amide bonds. The van der Waals surface area contributed by atoms with Crippen LogP contribution in [0.5, 0.6) is 5.75 Å². The highest BCUT2D eigenvalue weighted by atomic mass is 35.5.